The molecule has 0 bridgehead atoms. The Kier molecular flexibility index (Phi) is 5.78. The number of nitrogens with zero attached hydrogens (tertiary/aromatic N) is 1. The molecule has 186 valence electrons. The van der Waals surface area contributed by atoms with E-state index in [9.17, 15) is 4.79 Å². The fourth-order valence-corrected chi connectivity index (χ4v) is 5.82. The third kappa shape index (κ3) is 3.73. The Balaban J connectivity index is 1.44. The SMILES string of the molecule is CCN(CC)c1ccc(Nc2ccc3c(c2)Oc2c(Cl)cc(Cl)cc2C32OC(=O)c3ccccc32)cc1. The van der Waals surface area contributed by atoms with Crippen LogP contribution in [-0.2, 0) is 10.3 Å². The molecule has 5 nitrogen and oxygen atoms in total. The van der Waals surface area contributed by atoms with Gasteiger partial charge in [-0.1, -0.05) is 41.4 Å². The van der Waals surface area contributed by atoms with Gasteiger partial charge in [-0.15, -0.1) is 0 Å². The summed E-state index contributed by atoms with van der Waals surface area (Å²) < 4.78 is 12.5. The van der Waals surface area contributed by atoms with Crippen LogP contribution in [0.2, 0.25) is 10.0 Å². The molecule has 2 heterocycles. The normalized spacial score (nSPS) is 16.9. The second kappa shape index (κ2) is 9.02. The van der Waals surface area contributed by atoms with Crippen LogP contribution in [0.4, 0.5) is 17.1 Å². The number of ether oxygens (including phenoxy) is 2. The van der Waals surface area contributed by atoms with Gasteiger partial charge >= 0.3 is 5.97 Å². The van der Waals surface area contributed by atoms with Crippen LogP contribution in [-0.4, -0.2) is 19.1 Å². The van der Waals surface area contributed by atoms with Crippen molar-refractivity contribution in [2.24, 2.45) is 0 Å². The lowest BCUT2D eigenvalue weighted by Gasteiger charge is -2.37. The number of carbonyl (C=O) groups excluding carboxylic acids is 1. The van der Waals surface area contributed by atoms with Gasteiger partial charge in [0.25, 0.3) is 0 Å². The van der Waals surface area contributed by atoms with Crippen molar-refractivity contribution in [2.75, 3.05) is 23.3 Å². The highest BCUT2D eigenvalue weighted by Crippen LogP contribution is 2.58. The molecule has 2 aliphatic rings. The number of benzene rings is 4. The average molecular weight is 531 g/mol. The number of fused-ring (bicyclic) bond motifs is 6. The minimum atomic E-state index is -1.21. The predicted molar refractivity (Wildman–Crippen MR) is 148 cm³/mol. The number of carbonyl (C=O) groups is 1. The van der Waals surface area contributed by atoms with E-state index in [0.717, 1.165) is 30.0 Å². The topological polar surface area (TPSA) is 50.8 Å². The molecular formula is C30H24Cl2N2O3. The highest BCUT2D eigenvalue weighted by molar-refractivity contribution is 6.35. The summed E-state index contributed by atoms with van der Waals surface area (Å²) in [7, 11) is 0. The van der Waals surface area contributed by atoms with Crippen LogP contribution >= 0.6 is 23.2 Å². The van der Waals surface area contributed by atoms with E-state index in [-0.39, 0.29) is 0 Å². The summed E-state index contributed by atoms with van der Waals surface area (Å²) in [6.07, 6.45) is 0. The standard InChI is InChI=1S/C30H24Cl2N2O3/c1-3-34(4-2)21-12-9-19(10-13-21)33-20-11-14-24-27(17-20)36-28-25(15-18(31)16-26(28)32)30(24)23-8-6-5-7-22(23)29(35)37-30/h5-17,33H,3-4H2,1-2H3. The summed E-state index contributed by atoms with van der Waals surface area (Å²) in [4.78, 5) is 15.3. The number of hydrogen-bond acceptors (Lipinski definition) is 5. The van der Waals surface area contributed by atoms with E-state index in [1.165, 1.54) is 5.69 Å². The molecule has 0 fully saturated rings. The second-order valence-corrected chi connectivity index (χ2v) is 9.88. The van der Waals surface area contributed by atoms with Crippen molar-refractivity contribution in [2.45, 2.75) is 19.4 Å². The molecule has 6 rings (SSSR count). The summed E-state index contributed by atoms with van der Waals surface area (Å²) in [5.41, 5.74) is 4.29. The van der Waals surface area contributed by atoms with Gasteiger partial charge in [0.15, 0.2) is 11.4 Å². The average Bonchev–Trinajstić information content (AvgIpc) is 3.19. The number of nitrogens with one attached hydrogen (secondary N) is 1. The van der Waals surface area contributed by atoms with E-state index in [1.54, 1.807) is 18.2 Å². The Morgan fingerprint density at radius 1 is 0.838 bits per heavy atom. The maximum atomic E-state index is 13.0. The van der Waals surface area contributed by atoms with E-state index in [0.29, 0.717) is 38.2 Å². The molecule has 4 aromatic carbocycles. The van der Waals surface area contributed by atoms with Crippen molar-refractivity contribution in [1.29, 1.82) is 0 Å². The van der Waals surface area contributed by atoms with E-state index < -0.39 is 11.6 Å². The van der Waals surface area contributed by atoms with E-state index in [4.69, 9.17) is 32.7 Å². The highest BCUT2D eigenvalue weighted by atomic mass is 35.5. The molecule has 4 aromatic rings. The van der Waals surface area contributed by atoms with Crippen LogP contribution in [0, 0.1) is 0 Å². The minimum absolute atomic E-state index is 0.346. The molecule has 1 N–H and O–H groups in total. The molecule has 0 radical (unpaired) electrons. The second-order valence-electron chi connectivity index (χ2n) is 9.04. The summed E-state index contributed by atoms with van der Waals surface area (Å²) >= 11 is 13.0. The number of hydrogen-bond donors (Lipinski definition) is 1. The van der Waals surface area contributed by atoms with Gasteiger partial charge in [0.05, 0.1) is 16.1 Å². The number of halogens is 2. The van der Waals surface area contributed by atoms with Gasteiger partial charge in [0.2, 0.25) is 0 Å². The Labute approximate surface area is 225 Å². The van der Waals surface area contributed by atoms with Gasteiger partial charge in [-0.25, -0.2) is 4.79 Å². The van der Waals surface area contributed by atoms with Crippen LogP contribution in [0.3, 0.4) is 0 Å². The Morgan fingerprint density at radius 3 is 2.32 bits per heavy atom. The zero-order chi connectivity index (χ0) is 25.7. The molecule has 0 amide bonds. The molecule has 2 aliphatic heterocycles. The Bertz CT molecular complexity index is 1530. The van der Waals surface area contributed by atoms with E-state index in [2.05, 4.69) is 48.3 Å². The summed E-state index contributed by atoms with van der Waals surface area (Å²) in [6.45, 7) is 6.20. The van der Waals surface area contributed by atoms with Crippen molar-refractivity contribution in [3.63, 3.8) is 0 Å². The maximum absolute atomic E-state index is 13.0. The third-order valence-corrected chi connectivity index (χ3v) is 7.52. The van der Waals surface area contributed by atoms with Crippen molar-refractivity contribution in [3.8, 4) is 11.5 Å². The van der Waals surface area contributed by atoms with Crippen LogP contribution in [0.5, 0.6) is 11.5 Å². The molecular weight excluding hydrogens is 507 g/mol. The lowest BCUT2D eigenvalue weighted by molar-refractivity contribution is 0.0224. The first-order valence-electron chi connectivity index (χ1n) is 12.2. The summed E-state index contributed by atoms with van der Waals surface area (Å²) in [5.74, 6) is 0.566. The molecule has 37 heavy (non-hydrogen) atoms. The predicted octanol–water partition coefficient (Wildman–Crippen LogP) is 8.15. The third-order valence-electron chi connectivity index (χ3n) is 7.02. The van der Waals surface area contributed by atoms with Crippen LogP contribution in [0.1, 0.15) is 40.9 Å². The van der Waals surface area contributed by atoms with Crippen molar-refractivity contribution < 1.29 is 14.3 Å². The molecule has 1 atom stereocenters. The molecule has 1 spiro atoms. The van der Waals surface area contributed by atoms with Crippen LogP contribution < -0.4 is 15.0 Å². The lowest BCUT2D eigenvalue weighted by Crippen LogP contribution is -2.33. The largest absolute Gasteiger partial charge is 0.455 e. The zero-order valence-electron chi connectivity index (χ0n) is 20.3. The quantitative estimate of drug-likeness (QED) is 0.264. The van der Waals surface area contributed by atoms with Crippen molar-refractivity contribution in [1.82, 2.24) is 0 Å². The Morgan fingerprint density at radius 2 is 1.57 bits per heavy atom. The first-order valence-corrected chi connectivity index (χ1v) is 13.0. The van der Waals surface area contributed by atoms with Crippen LogP contribution in [0.25, 0.3) is 0 Å². The molecule has 0 saturated carbocycles. The van der Waals surface area contributed by atoms with Gasteiger partial charge in [-0.05, 0) is 68.4 Å². The molecule has 1 unspecified atom stereocenters. The van der Waals surface area contributed by atoms with Gasteiger partial charge in [0.1, 0.15) is 5.75 Å². The minimum Gasteiger partial charge on any atom is -0.455 e. The van der Waals surface area contributed by atoms with Crippen molar-refractivity contribution >= 4 is 46.2 Å². The monoisotopic (exact) mass is 530 g/mol. The molecule has 0 saturated heterocycles. The fraction of sp³-hybridized carbons (Fsp3) is 0.167. The molecule has 7 heteroatoms. The fourth-order valence-electron chi connectivity index (χ4n) is 5.28. The first-order chi connectivity index (χ1) is 17.9. The number of esters is 1. The number of rotatable bonds is 5. The highest BCUT2D eigenvalue weighted by Gasteiger charge is 2.54. The molecule has 0 aliphatic carbocycles. The smallest absolute Gasteiger partial charge is 0.340 e. The van der Waals surface area contributed by atoms with E-state index in [1.807, 2.05) is 36.4 Å². The van der Waals surface area contributed by atoms with Gasteiger partial charge in [-0.3, -0.25) is 0 Å². The van der Waals surface area contributed by atoms with Crippen LogP contribution in [0.15, 0.2) is 78.9 Å². The summed E-state index contributed by atoms with van der Waals surface area (Å²) in [5, 5.41) is 4.23. The lowest BCUT2D eigenvalue weighted by atomic mass is 9.77. The Hall–Kier alpha value is -3.67. The maximum Gasteiger partial charge on any atom is 0.340 e. The van der Waals surface area contributed by atoms with Gasteiger partial charge < -0.3 is 19.7 Å². The zero-order valence-corrected chi connectivity index (χ0v) is 21.9. The van der Waals surface area contributed by atoms with Gasteiger partial charge in [0, 0.05) is 52.4 Å². The van der Waals surface area contributed by atoms with E-state index >= 15 is 0 Å². The summed E-state index contributed by atoms with van der Waals surface area (Å²) in [6, 6.07) is 24.9. The van der Waals surface area contributed by atoms with Gasteiger partial charge in [-0.2, -0.15) is 0 Å². The van der Waals surface area contributed by atoms with Crippen molar-refractivity contribution in [3.05, 3.63) is 111 Å². The number of anilines is 3. The first kappa shape index (κ1) is 23.7. The molecule has 0 aromatic heterocycles.